The number of hydrogen-bond donors (Lipinski definition) is 2. The topological polar surface area (TPSA) is 104 Å². The van der Waals surface area contributed by atoms with E-state index in [1.54, 1.807) is 12.3 Å². The number of alkyl halides is 3. The number of hydrogen-bond acceptors (Lipinski definition) is 6. The van der Waals surface area contributed by atoms with Crippen LogP contribution in [0, 0.1) is 0 Å². The highest BCUT2D eigenvalue weighted by Crippen LogP contribution is 2.32. The molecule has 0 fully saturated rings. The summed E-state index contributed by atoms with van der Waals surface area (Å²) >= 11 is 6.42. The molecule has 12 heteroatoms. The van der Waals surface area contributed by atoms with Gasteiger partial charge in [-0.1, -0.05) is 17.7 Å². The molecule has 0 saturated carbocycles. The summed E-state index contributed by atoms with van der Waals surface area (Å²) in [5.41, 5.74) is 1.48. The predicted octanol–water partition coefficient (Wildman–Crippen LogP) is 4.62. The Kier molecular flexibility index (Phi) is 6.34. The molecule has 2 N–H and O–H groups in total. The molecule has 172 valence electrons. The maximum atomic E-state index is 12.6. The van der Waals surface area contributed by atoms with Gasteiger partial charge in [-0.3, -0.25) is 10.3 Å². The summed E-state index contributed by atoms with van der Waals surface area (Å²) in [6.45, 7) is 0.337. The number of rotatable bonds is 4. The molecule has 33 heavy (non-hydrogen) atoms. The molecule has 4 heterocycles. The molecule has 0 aliphatic carbocycles. The highest BCUT2D eigenvalue weighted by molar-refractivity contribution is 6.32. The lowest BCUT2D eigenvalue weighted by Crippen LogP contribution is -2.38. The number of carbonyl (C=O) groups excluding carboxylic acids is 1. The number of amides is 2. The number of oxazole rings is 1. The predicted molar refractivity (Wildman–Crippen MR) is 113 cm³/mol. The first kappa shape index (κ1) is 22.7. The van der Waals surface area contributed by atoms with Crippen LogP contribution in [0.25, 0.3) is 16.9 Å². The average molecular weight is 480 g/mol. The molecule has 0 aromatic carbocycles. The molecule has 0 radical (unpaired) electrons. The van der Waals surface area contributed by atoms with E-state index in [9.17, 15) is 23.1 Å². The molecule has 4 rings (SSSR count). The minimum atomic E-state index is -4.49. The highest BCUT2D eigenvalue weighted by Gasteiger charge is 2.30. The van der Waals surface area contributed by atoms with Crippen molar-refractivity contribution in [2.45, 2.75) is 19.2 Å². The van der Waals surface area contributed by atoms with Crippen LogP contribution in [0.15, 0.2) is 47.5 Å². The SMILES string of the molecule is O=C(Nc1ccc(C(F)(F)F)cn1)N1CC=C(c2ncc(-c3ocnc3CO)cc2Cl)CC1. The van der Waals surface area contributed by atoms with Gasteiger partial charge in [0, 0.05) is 31.0 Å². The van der Waals surface area contributed by atoms with E-state index in [1.807, 2.05) is 6.08 Å². The summed E-state index contributed by atoms with van der Waals surface area (Å²) in [6.07, 6.45) is 1.26. The second kappa shape index (κ2) is 9.20. The number of nitrogens with one attached hydrogen (secondary N) is 1. The molecular formula is C21H17ClF3N5O3. The molecule has 1 aliphatic rings. The van der Waals surface area contributed by atoms with Gasteiger partial charge in [-0.2, -0.15) is 13.2 Å². The third-order valence-corrected chi connectivity index (χ3v) is 5.31. The summed E-state index contributed by atoms with van der Waals surface area (Å²) in [5.74, 6) is 0.411. The monoisotopic (exact) mass is 479 g/mol. The summed E-state index contributed by atoms with van der Waals surface area (Å²) in [6, 6.07) is 3.15. The fourth-order valence-corrected chi connectivity index (χ4v) is 3.60. The average Bonchev–Trinajstić information content (AvgIpc) is 3.28. The fourth-order valence-electron chi connectivity index (χ4n) is 3.31. The van der Waals surface area contributed by atoms with Crippen molar-refractivity contribution in [3.63, 3.8) is 0 Å². The Morgan fingerprint density at radius 2 is 2.06 bits per heavy atom. The smallest absolute Gasteiger partial charge is 0.417 e. The van der Waals surface area contributed by atoms with E-state index in [1.165, 1.54) is 11.3 Å². The number of anilines is 1. The van der Waals surface area contributed by atoms with Gasteiger partial charge < -0.3 is 14.4 Å². The van der Waals surface area contributed by atoms with Crippen LogP contribution in [-0.2, 0) is 12.8 Å². The normalized spacial score (nSPS) is 14.2. The van der Waals surface area contributed by atoms with E-state index in [0.29, 0.717) is 46.9 Å². The van der Waals surface area contributed by atoms with Crippen LogP contribution in [0.1, 0.15) is 23.4 Å². The van der Waals surface area contributed by atoms with Crippen molar-refractivity contribution in [2.75, 3.05) is 18.4 Å². The van der Waals surface area contributed by atoms with E-state index >= 15 is 0 Å². The molecule has 1 aliphatic heterocycles. The molecule has 0 spiro atoms. The zero-order chi connectivity index (χ0) is 23.6. The van der Waals surface area contributed by atoms with E-state index < -0.39 is 17.8 Å². The Morgan fingerprint density at radius 1 is 1.24 bits per heavy atom. The van der Waals surface area contributed by atoms with Gasteiger partial charge in [0.2, 0.25) is 0 Å². The third kappa shape index (κ3) is 4.99. The summed E-state index contributed by atoms with van der Waals surface area (Å²) in [7, 11) is 0. The number of urea groups is 1. The number of carbonyl (C=O) groups is 1. The number of aliphatic hydroxyl groups is 1. The minimum absolute atomic E-state index is 0.0257. The number of pyridine rings is 2. The van der Waals surface area contributed by atoms with Gasteiger partial charge in [0.15, 0.2) is 12.2 Å². The second-order valence-electron chi connectivity index (χ2n) is 7.13. The molecule has 2 amide bonds. The lowest BCUT2D eigenvalue weighted by Gasteiger charge is -2.26. The van der Waals surface area contributed by atoms with Crippen LogP contribution in [-0.4, -0.2) is 44.1 Å². The van der Waals surface area contributed by atoms with E-state index in [2.05, 4.69) is 20.3 Å². The van der Waals surface area contributed by atoms with E-state index in [0.717, 1.165) is 17.7 Å². The lowest BCUT2D eigenvalue weighted by atomic mass is 10.0. The lowest BCUT2D eigenvalue weighted by molar-refractivity contribution is -0.137. The van der Waals surface area contributed by atoms with Crippen LogP contribution in [0.5, 0.6) is 0 Å². The summed E-state index contributed by atoms with van der Waals surface area (Å²) in [4.78, 5) is 25.9. The van der Waals surface area contributed by atoms with Crippen LogP contribution in [0.2, 0.25) is 5.02 Å². The molecule has 0 bridgehead atoms. The quantitative estimate of drug-likeness (QED) is 0.566. The molecule has 0 atom stereocenters. The molecule has 3 aromatic heterocycles. The summed E-state index contributed by atoms with van der Waals surface area (Å²) < 4.78 is 43.2. The van der Waals surface area contributed by atoms with Crippen LogP contribution in [0.4, 0.5) is 23.8 Å². The zero-order valence-electron chi connectivity index (χ0n) is 16.9. The second-order valence-corrected chi connectivity index (χ2v) is 7.53. The van der Waals surface area contributed by atoms with Crippen molar-refractivity contribution < 1.29 is 27.5 Å². The number of nitrogens with zero attached hydrogens (tertiary/aromatic N) is 4. The van der Waals surface area contributed by atoms with Gasteiger partial charge in [-0.25, -0.2) is 14.8 Å². The van der Waals surface area contributed by atoms with Gasteiger partial charge in [-0.05, 0) is 30.2 Å². The number of halogens is 4. The first-order chi connectivity index (χ1) is 15.8. The maximum absolute atomic E-state index is 12.6. The largest absolute Gasteiger partial charge is 0.443 e. The van der Waals surface area contributed by atoms with Gasteiger partial charge in [0.1, 0.15) is 11.5 Å². The van der Waals surface area contributed by atoms with Crippen molar-refractivity contribution in [1.82, 2.24) is 19.9 Å². The van der Waals surface area contributed by atoms with Crippen molar-refractivity contribution in [3.8, 4) is 11.3 Å². The van der Waals surface area contributed by atoms with Gasteiger partial charge in [0.05, 0.1) is 22.9 Å². The summed E-state index contributed by atoms with van der Waals surface area (Å²) in [5, 5.41) is 12.2. The molecular weight excluding hydrogens is 463 g/mol. The highest BCUT2D eigenvalue weighted by atomic mass is 35.5. The van der Waals surface area contributed by atoms with Gasteiger partial charge >= 0.3 is 12.2 Å². The number of aromatic nitrogens is 3. The molecule has 0 unspecified atom stereocenters. The van der Waals surface area contributed by atoms with Crippen LogP contribution < -0.4 is 5.32 Å². The van der Waals surface area contributed by atoms with Gasteiger partial charge in [-0.15, -0.1) is 0 Å². The molecule has 3 aromatic rings. The Balaban J connectivity index is 1.41. The van der Waals surface area contributed by atoms with Gasteiger partial charge in [0.25, 0.3) is 0 Å². The Hall–Kier alpha value is -3.44. The van der Waals surface area contributed by atoms with Crippen molar-refractivity contribution >= 4 is 29.0 Å². The standard InChI is InChI=1S/C21H17ClF3N5O3/c22-15-7-13(19-16(10-31)28-11-33-19)8-27-18(15)12-3-5-30(6-4-12)20(32)29-17-2-1-14(9-26-17)21(23,24)25/h1-3,7-9,11,31H,4-6,10H2,(H,26,29,32). The number of aliphatic hydroxyl groups excluding tert-OH is 1. The maximum Gasteiger partial charge on any atom is 0.417 e. The van der Waals surface area contributed by atoms with E-state index in [-0.39, 0.29) is 19.0 Å². The van der Waals surface area contributed by atoms with Crippen molar-refractivity contribution in [3.05, 3.63) is 65.0 Å². The van der Waals surface area contributed by atoms with Crippen LogP contribution in [0.3, 0.4) is 0 Å². The van der Waals surface area contributed by atoms with Crippen molar-refractivity contribution in [2.24, 2.45) is 0 Å². The fraction of sp³-hybridized carbons (Fsp3) is 0.238. The molecule has 0 saturated heterocycles. The first-order valence-corrected chi connectivity index (χ1v) is 10.1. The zero-order valence-corrected chi connectivity index (χ0v) is 17.7. The Morgan fingerprint density at radius 3 is 2.67 bits per heavy atom. The first-order valence-electron chi connectivity index (χ1n) is 9.74. The van der Waals surface area contributed by atoms with E-state index in [4.69, 9.17) is 16.0 Å². The van der Waals surface area contributed by atoms with Crippen molar-refractivity contribution in [1.29, 1.82) is 0 Å². The Labute approximate surface area is 190 Å². The molecule has 8 nitrogen and oxygen atoms in total. The third-order valence-electron chi connectivity index (χ3n) is 5.02. The Bertz CT molecular complexity index is 1190. The minimum Gasteiger partial charge on any atom is -0.443 e. The van der Waals surface area contributed by atoms with Crippen LogP contribution >= 0.6 is 11.6 Å².